The SMILES string of the molecule is CN[N+]1(NC)C=CC=CC1. The number of nitrogens with zero attached hydrogens (tertiary/aromatic N) is 1. The average Bonchev–Trinajstić information content (AvgIpc) is 2.06. The number of rotatable bonds is 2. The Morgan fingerprint density at radius 3 is 2.20 bits per heavy atom. The molecule has 0 aromatic heterocycles. The molecule has 0 spiro atoms. The van der Waals surface area contributed by atoms with Gasteiger partial charge in [-0.3, -0.25) is 0 Å². The molecule has 0 unspecified atom stereocenters. The van der Waals surface area contributed by atoms with Gasteiger partial charge in [-0.2, -0.15) is 0 Å². The van der Waals surface area contributed by atoms with Gasteiger partial charge in [-0.05, 0) is 12.2 Å². The third-order valence-corrected chi connectivity index (χ3v) is 1.78. The molecule has 0 fully saturated rings. The molecule has 10 heavy (non-hydrogen) atoms. The molecule has 2 N–H and O–H groups in total. The third kappa shape index (κ3) is 1.26. The summed E-state index contributed by atoms with van der Waals surface area (Å²) in [5.41, 5.74) is 6.31. The van der Waals surface area contributed by atoms with E-state index in [0.29, 0.717) is 4.70 Å². The maximum absolute atomic E-state index is 3.16. The molecule has 0 amide bonds. The lowest BCUT2D eigenvalue weighted by Gasteiger charge is -2.30. The Morgan fingerprint density at radius 2 is 1.90 bits per heavy atom. The molecular weight excluding hydrogens is 126 g/mol. The third-order valence-electron chi connectivity index (χ3n) is 1.78. The Labute approximate surface area is 61.6 Å². The standard InChI is InChI=1S/C7H14N3/c1-8-10(9-2)6-4-3-5-7-10/h3-6,8-9H,7H2,1-2H3/q+1. The molecule has 0 saturated carbocycles. The van der Waals surface area contributed by atoms with E-state index in [4.69, 9.17) is 0 Å². The van der Waals surface area contributed by atoms with Crippen LogP contribution < -0.4 is 10.9 Å². The minimum Gasteiger partial charge on any atom is -0.146 e. The molecule has 3 nitrogen and oxygen atoms in total. The zero-order valence-corrected chi connectivity index (χ0v) is 6.46. The van der Waals surface area contributed by atoms with E-state index in [9.17, 15) is 0 Å². The van der Waals surface area contributed by atoms with Gasteiger partial charge in [-0.25, -0.2) is 0 Å². The summed E-state index contributed by atoms with van der Waals surface area (Å²) in [7, 11) is 3.86. The summed E-state index contributed by atoms with van der Waals surface area (Å²) < 4.78 is 0.622. The van der Waals surface area contributed by atoms with Crippen LogP contribution in [0.5, 0.6) is 0 Å². The number of nitrogens with one attached hydrogen (secondary N) is 2. The van der Waals surface area contributed by atoms with Crippen LogP contribution in [0.1, 0.15) is 0 Å². The normalized spacial score (nSPS) is 21.4. The van der Waals surface area contributed by atoms with Gasteiger partial charge in [0.2, 0.25) is 0 Å². The Bertz CT molecular complexity index is 156. The van der Waals surface area contributed by atoms with Gasteiger partial charge in [0.05, 0.1) is 0 Å². The molecule has 56 valence electrons. The van der Waals surface area contributed by atoms with Crippen LogP contribution in [0.2, 0.25) is 0 Å². The van der Waals surface area contributed by atoms with Crippen molar-refractivity contribution in [1.29, 1.82) is 0 Å². The van der Waals surface area contributed by atoms with E-state index in [-0.39, 0.29) is 0 Å². The van der Waals surface area contributed by atoms with Crippen LogP contribution in [0, 0.1) is 0 Å². The summed E-state index contributed by atoms with van der Waals surface area (Å²) >= 11 is 0. The van der Waals surface area contributed by atoms with Crippen LogP contribution >= 0.6 is 0 Å². The lowest BCUT2D eigenvalue weighted by molar-refractivity contribution is -0.956. The monoisotopic (exact) mass is 140 g/mol. The maximum atomic E-state index is 3.16. The lowest BCUT2D eigenvalue weighted by Crippen LogP contribution is -2.60. The smallest absolute Gasteiger partial charge is 0.138 e. The molecule has 0 radical (unpaired) electrons. The Hall–Kier alpha value is -0.640. The minimum absolute atomic E-state index is 0.622. The van der Waals surface area contributed by atoms with E-state index < -0.39 is 0 Å². The van der Waals surface area contributed by atoms with Gasteiger partial charge in [0.15, 0.2) is 0 Å². The largest absolute Gasteiger partial charge is 0.146 e. The first-order valence-electron chi connectivity index (χ1n) is 3.43. The van der Waals surface area contributed by atoms with Crippen molar-refractivity contribution in [2.45, 2.75) is 0 Å². The maximum Gasteiger partial charge on any atom is 0.138 e. The quantitative estimate of drug-likeness (QED) is 0.534. The predicted molar refractivity (Wildman–Crippen MR) is 41.5 cm³/mol. The van der Waals surface area contributed by atoms with Crippen LogP contribution in [-0.2, 0) is 0 Å². The molecule has 1 heterocycles. The highest BCUT2D eigenvalue weighted by molar-refractivity contribution is 5.03. The summed E-state index contributed by atoms with van der Waals surface area (Å²) in [6.07, 6.45) is 8.26. The Morgan fingerprint density at radius 1 is 1.20 bits per heavy atom. The Balaban J connectivity index is 2.66. The van der Waals surface area contributed by atoms with E-state index in [0.717, 1.165) is 6.54 Å². The summed E-state index contributed by atoms with van der Waals surface area (Å²) in [4.78, 5) is 0. The lowest BCUT2D eigenvalue weighted by atomic mass is 10.4. The fourth-order valence-electron chi connectivity index (χ4n) is 1.01. The van der Waals surface area contributed by atoms with Crippen molar-refractivity contribution in [3.05, 3.63) is 24.4 Å². The molecule has 0 saturated heterocycles. The summed E-state index contributed by atoms with van der Waals surface area (Å²) in [5.74, 6) is 0. The molecule has 0 aromatic rings. The van der Waals surface area contributed by atoms with E-state index >= 15 is 0 Å². The van der Waals surface area contributed by atoms with Gasteiger partial charge < -0.3 is 0 Å². The molecule has 3 heteroatoms. The van der Waals surface area contributed by atoms with Gasteiger partial charge in [-0.15, -0.1) is 15.6 Å². The highest BCUT2D eigenvalue weighted by Crippen LogP contribution is 2.02. The number of hydrogen-bond acceptors (Lipinski definition) is 2. The van der Waals surface area contributed by atoms with Crippen molar-refractivity contribution < 1.29 is 4.70 Å². The minimum atomic E-state index is 0.622. The second-order valence-electron chi connectivity index (χ2n) is 2.27. The van der Waals surface area contributed by atoms with E-state index in [2.05, 4.69) is 23.1 Å². The molecule has 1 rings (SSSR count). The topological polar surface area (TPSA) is 24.1 Å². The molecule has 1 aliphatic rings. The van der Waals surface area contributed by atoms with Crippen LogP contribution in [0.3, 0.4) is 0 Å². The van der Waals surface area contributed by atoms with Crippen LogP contribution in [0.15, 0.2) is 24.4 Å². The van der Waals surface area contributed by atoms with Gasteiger partial charge in [0.25, 0.3) is 0 Å². The summed E-state index contributed by atoms with van der Waals surface area (Å²) in [6, 6.07) is 0. The van der Waals surface area contributed by atoms with Crippen molar-refractivity contribution >= 4 is 0 Å². The molecule has 0 bridgehead atoms. The highest BCUT2D eigenvalue weighted by atomic mass is 15.8. The fourth-order valence-corrected chi connectivity index (χ4v) is 1.01. The van der Waals surface area contributed by atoms with Gasteiger partial charge in [0.1, 0.15) is 12.7 Å². The van der Waals surface area contributed by atoms with Crippen molar-refractivity contribution in [3.63, 3.8) is 0 Å². The molecule has 1 aliphatic heterocycles. The fraction of sp³-hybridized carbons (Fsp3) is 0.429. The number of hydrogen-bond donors (Lipinski definition) is 2. The average molecular weight is 140 g/mol. The molecular formula is C7H14N3+. The van der Waals surface area contributed by atoms with Crippen molar-refractivity contribution in [3.8, 4) is 0 Å². The van der Waals surface area contributed by atoms with Crippen molar-refractivity contribution in [1.82, 2.24) is 10.9 Å². The van der Waals surface area contributed by atoms with Gasteiger partial charge in [-0.1, -0.05) is 6.08 Å². The molecule has 0 aromatic carbocycles. The number of allylic oxidation sites excluding steroid dienone is 2. The van der Waals surface area contributed by atoms with Gasteiger partial charge >= 0.3 is 0 Å². The first-order valence-corrected chi connectivity index (χ1v) is 3.43. The highest BCUT2D eigenvalue weighted by Gasteiger charge is 2.20. The Kier molecular flexibility index (Phi) is 2.21. The molecule has 0 atom stereocenters. The van der Waals surface area contributed by atoms with E-state index in [1.54, 1.807) is 0 Å². The summed E-state index contributed by atoms with van der Waals surface area (Å²) in [5, 5.41) is 0. The first kappa shape index (κ1) is 7.47. The van der Waals surface area contributed by atoms with Crippen molar-refractivity contribution in [2.75, 3.05) is 20.6 Å². The zero-order valence-electron chi connectivity index (χ0n) is 6.46. The van der Waals surface area contributed by atoms with Crippen LogP contribution in [0.25, 0.3) is 0 Å². The first-order chi connectivity index (χ1) is 4.83. The number of quaternary nitrogens is 1. The van der Waals surface area contributed by atoms with Crippen LogP contribution in [0.4, 0.5) is 0 Å². The second-order valence-corrected chi connectivity index (χ2v) is 2.27. The van der Waals surface area contributed by atoms with Gasteiger partial charge in [0, 0.05) is 14.1 Å². The van der Waals surface area contributed by atoms with E-state index in [1.807, 2.05) is 26.2 Å². The predicted octanol–water partition coefficient (Wildman–Crippen LogP) is 0.155. The molecule has 0 aliphatic carbocycles. The summed E-state index contributed by atoms with van der Waals surface area (Å²) in [6.45, 7) is 0.948. The van der Waals surface area contributed by atoms with Crippen LogP contribution in [-0.4, -0.2) is 25.3 Å². The zero-order chi connectivity index (χ0) is 7.45. The second kappa shape index (κ2) is 2.96. The van der Waals surface area contributed by atoms with E-state index in [1.165, 1.54) is 0 Å². The van der Waals surface area contributed by atoms with Crippen molar-refractivity contribution in [2.24, 2.45) is 0 Å².